The Morgan fingerprint density at radius 2 is 1.85 bits per heavy atom. The molecule has 8 N–H and O–H groups in total. The molecule has 0 saturated heterocycles. The molecule has 180 valence electrons. The largest absolute Gasteiger partial charge is 0.480 e. The summed E-state index contributed by atoms with van der Waals surface area (Å²) in [5.74, 6) is -3.01. The van der Waals surface area contributed by atoms with Crippen molar-refractivity contribution in [3.63, 3.8) is 0 Å². The lowest BCUT2D eigenvalue weighted by Crippen LogP contribution is -2.52. The molecule has 3 rings (SSSR count). The molecule has 0 fully saturated rings. The molecule has 34 heavy (non-hydrogen) atoms. The van der Waals surface area contributed by atoms with Crippen molar-refractivity contribution in [2.75, 3.05) is 6.54 Å². The van der Waals surface area contributed by atoms with Crippen molar-refractivity contribution in [2.45, 2.75) is 37.9 Å². The molecule has 0 bridgehead atoms. The normalized spacial score (nSPS) is 13.6. The van der Waals surface area contributed by atoms with Gasteiger partial charge < -0.3 is 36.8 Å². The van der Waals surface area contributed by atoms with E-state index in [4.69, 9.17) is 5.73 Å². The summed E-state index contributed by atoms with van der Waals surface area (Å²) in [6.45, 7) is 1.00. The SMILES string of the molecule is CC(NC(=O)C(N)Cc1cnc[nH]1)C(=O)NCC(=O)NC(Cc1c[nH]c2ccccc12)C(=O)O. The number of benzene rings is 1. The van der Waals surface area contributed by atoms with E-state index in [0.717, 1.165) is 16.5 Å². The van der Waals surface area contributed by atoms with Gasteiger partial charge in [0.15, 0.2) is 0 Å². The average Bonchev–Trinajstić information content (AvgIpc) is 3.47. The first-order valence-electron chi connectivity index (χ1n) is 10.6. The molecule has 2 aromatic heterocycles. The fourth-order valence-corrected chi connectivity index (χ4v) is 3.40. The summed E-state index contributed by atoms with van der Waals surface area (Å²) < 4.78 is 0. The predicted octanol–water partition coefficient (Wildman–Crippen LogP) is -0.806. The second kappa shape index (κ2) is 11.1. The maximum absolute atomic E-state index is 12.3. The van der Waals surface area contributed by atoms with E-state index in [1.165, 1.54) is 13.3 Å². The smallest absolute Gasteiger partial charge is 0.326 e. The molecule has 0 spiro atoms. The number of carbonyl (C=O) groups excluding carboxylic acids is 3. The number of hydrogen-bond donors (Lipinski definition) is 7. The van der Waals surface area contributed by atoms with Gasteiger partial charge in [0.05, 0.1) is 18.9 Å². The number of imidazole rings is 1. The number of amides is 3. The van der Waals surface area contributed by atoms with Crippen LogP contribution in [0.3, 0.4) is 0 Å². The molecule has 2 heterocycles. The van der Waals surface area contributed by atoms with Crippen LogP contribution in [0.4, 0.5) is 0 Å². The third-order valence-corrected chi connectivity index (χ3v) is 5.24. The van der Waals surface area contributed by atoms with Crippen LogP contribution in [0.25, 0.3) is 10.9 Å². The molecule has 0 aliphatic heterocycles. The molecule has 0 aliphatic carbocycles. The first kappa shape index (κ1) is 24.5. The number of aromatic nitrogens is 3. The van der Waals surface area contributed by atoms with Gasteiger partial charge in [-0.25, -0.2) is 9.78 Å². The number of hydrogen-bond acceptors (Lipinski definition) is 6. The fraction of sp³-hybridized carbons (Fsp3) is 0.318. The quantitative estimate of drug-likeness (QED) is 0.191. The highest BCUT2D eigenvalue weighted by atomic mass is 16.4. The second-order valence-electron chi connectivity index (χ2n) is 7.86. The predicted molar refractivity (Wildman–Crippen MR) is 122 cm³/mol. The minimum Gasteiger partial charge on any atom is -0.480 e. The number of aromatic amines is 2. The Labute approximate surface area is 194 Å². The Bertz CT molecular complexity index is 1160. The minimum absolute atomic E-state index is 0.0692. The third kappa shape index (κ3) is 6.42. The molecule has 0 aliphatic rings. The maximum atomic E-state index is 12.3. The van der Waals surface area contributed by atoms with Gasteiger partial charge >= 0.3 is 5.97 Å². The van der Waals surface area contributed by atoms with Crippen molar-refractivity contribution in [1.29, 1.82) is 0 Å². The standard InChI is InChI=1S/C22H27N7O5/c1-12(28-21(32)16(23)7-14-9-24-11-27-14)20(31)26-10-19(30)29-18(22(33)34)6-13-8-25-17-5-3-2-4-15(13)17/h2-5,8-9,11-12,16,18,25H,6-7,10,23H2,1H3,(H,24,27)(H,26,31)(H,28,32)(H,29,30)(H,33,34). The van der Waals surface area contributed by atoms with Gasteiger partial charge in [0.1, 0.15) is 12.1 Å². The van der Waals surface area contributed by atoms with Crippen LogP contribution in [0.1, 0.15) is 18.2 Å². The summed E-state index contributed by atoms with van der Waals surface area (Å²) in [5.41, 5.74) is 8.12. The van der Waals surface area contributed by atoms with Gasteiger partial charge in [0.2, 0.25) is 17.7 Å². The van der Waals surface area contributed by atoms with Crippen molar-refractivity contribution >= 4 is 34.6 Å². The number of H-pyrrole nitrogens is 2. The van der Waals surface area contributed by atoms with Gasteiger partial charge in [-0.3, -0.25) is 14.4 Å². The van der Waals surface area contributed by atoms with Crippen molar-refractivity contribution in [3.8, 4) is 0 Å². The first-order valence-corrected chi connectivity index (χ1v) is 10.6. The molecule has 1 aromatic carbocycles. The summed E-state index contributed by atoms with van der Waals surface area (Å²) in [6, 6.07) is 4.41. The number of rotatable bonds is 11. The highest BCUT2D eigenvalue weighted by molar-refractivity contribution is 5.92. The minimum atomic E-state index is -1.20. The van der Waals surface area contributed by atoms with E-state index < -0.39 is 48.4 Å². The van der Waals surface area contributed by atoms with E-state index >= 15 is 0 Å². The fourth-order valence-electron chi connectivity index (χ4n) is 3.40. The van der Waals surface area contributed by atoms with E-state index in [9.17, 15) is 24.3 Å². The van der Waals surface area contributed by atoms with Gasteiger partial charge in [0, 0.05) is 41.8 Å². The van der Waals surface area contributed by atoms with Crippen LogP contribution >= 0.6 is 0 Å². The van der Waals surface area contributed by atoms with Crippen LogP contribution in [0.5, 0.6) is 0 Å². The average molecular weight is 470 g/mol. The lowest BCUT2D eigenvalue weighted by atomic mass is 10.0. The number of nitrogens with zero attached hydrogens (tertiary/aromatic N) is 1. The highest BCUT2D eigenvalue weighted by Crippen LogP contribution is 2.19. The molecule has 12 nitrogen and oxygen atoms in total. The summed E-state index contributed by atoms with van der Waals surface area (Å²) in [7, 11) is 0. The van der Waals surface area contributed by atoms with Crippen LogP contribution in [0, 0.1) is 0 Å². The summed E-state index contributed by atoms with van der Waals surface area (Å²) in [5, 5.41) is 17.7. The highest BCUT2D eigenvalue weighted by Gasteiger charge is 2.24. The van der Waals surface area contributed by atoms with E-state index in [1.54, 1.807) is 12.4 Å². The van der Waals surface area contributed by atoms with Gasteiger partial charge in [-0.05, 0) is 18.6 Å². The van der Waals surface area contributed by atoms with Gasteiger partial charge in [0.25, 0.3) is 0 Å². The third-order valence-electron chi connectivity index (χ3n) is 5.24. The number of carbonyl (C=O) groups is 4. The van der Waals surface area contributed by atoms with Crippen LogP contribution in [0.15, 0.2) is 43.0 Å². The Morgan fingerprint density at radius 3 is 2.56 bits per heavy atom. The van der Waals surface area contributed by atoms with Crippen molar-refractivity contribution in [2.24, 2.45) is 5.73 Å². The Hall–Kier alpha value is -4.19. The van der Waals surface area contributed by atoms with Gasteiger partial charge in [-0.15, -0.1) is 0 Å². The van der Waals surface area contributed by atoms with Crippen LogP contribution < -0.4 is 21.7 Å². The lowest BCUT2D eigenvalue weighted by molar-refractivity contribution is -0.141. The van der Waals surface area contributed by atoms with Crippen LogP contribution in [-0.4, -0.2) is 68.4 Å². The first-order chi connectivity index (χ1) is 16.2. The topological polar surface area (TPSA) is 195 Å². The molecular formula is C22H27N7O5. The Balaban J connectivity index is 1.46. The van der Waals surface area contributed by atoms with Crippen LogP contribution in [-0.2, 0) is 32.0 Å². The van der Waals surface area contributed by atoms with Crippen molar-refractivity contribution in [1.82, 2.24) is 30.9 Å². The van der Waals surface area contributed by atoms with E-state index in [1.807, 2.05) is 24.3 Å². The van der Waals surface area contributed by atoms with Crippen molar-refractivity contribution in [3.05, 3.63) is 54.2 Å². The molecule has 12 heteroatoms. The summed E-state index contributed by atoms with van der Waals surface area (Å²) >= 11 is 0. The van der Waals surface area contributed by atoms with Gasteiger partial charge in [-0.1, -0.05) is 18.2 Å². The molecule has 3 amide bonds. The Morgan fingerprint density at radius 1 is 1.09 bits per heavy atom. The number of para-hydroxylation sites is 1. The molecule has 3 aromatic rings. The Kier molecular flexibility index (Phi) is 7.98. The molecule has 3 unspecified atom stereocenters. The molecular weight excluding hydrogens is 442 g/mol. The zero-order chi connectivity index (χ0) is 24.7. The maximum Gasteiger partial charge on any atom is 0.326 e. The summed E-state index contributed by atoms with van der Waals surface area (Å²) in [4.78, 5) is 58.1. The van der Waals surface area contributed by atoms with E-state index in [0.29, 0.717) is 5.69 Å². The van der Waals surface area contributed by atoms with Gasteiger partial charge in [-0.2, -0.15) is 0 Å². The van der Waals surface area contributed by atoms with E-state index in [2.05, 4.69) is 30.9 Å². The summed E-state index contributed by atoms with van der Waals surface area (Å²) in [6.07, 6.45) is 5.01. The van der Waals surface area contributed by atoms with E-state index in [-0.39, 0.29) is 12.8 Å². The number of carboxylic acids is 1. The van der Waals surface area contributed by atoms with Crippen molar-refractivity contribution < 1.29 is 24.3 Å². The zero-order valence-electron chi connectivity index (χ0n) is 18.5. The zero-order valence-corrected chi connectivity index (χ0v) is 18.5. The monoisotopic (exact) mass is 469 g/mol. The molecule has 0 radical (unpaired) electrons. The molecule has 3 atom stereocenters. The van der Waals surface area contributed by atoms with Crippen LogP contribution in [0.2, 0.25) is 0 Å². The lowest BCUT2D eigenvalue weighted by Gasteiger charge is -2.18. The number of aliphatic carboxylic acids is 1. The second-order valence-corrected chi connectivity index (χ2v) is 7.86. The number of nitrogens with two attached hydrogens (primary N) is 1. The number of nitrogens with one attached hydrogen (secondary N) is 5. The number of carboxylic acid groups (broad SMARTS) is 1. The molecule has 0 saturated carbocycles. The number of fused-ring (bicyclic) bond motifs is 1.